The highest BCUT2D eigenvalue weighted by Crippen LogP contribution is 2.38. The van der Waals surface area contributed by atoms with Gasteiger partial charge in [-0.05, 0) is 66.3 Å². The minimum atomic E-state index is 0.665. The first-order valence-corrected chi connectivity index (χ1v) is 16.1. The van der Waals surface area contributed by atoms with Crippen LogP contribution in [0.2, 0.25) is 0 Å². The van der Waals surface area contributed by atoms with Gasteiger partial charge in [0, 0.05) is 34.3 Å². The van der Waals surface area contributed by atoms with E-state index in [2.05, 4.69) is 115 Å². The Balaban J connectivity index is 1.16. The van der Waals surface area contributed by atoms with E-state index in [9.17, 15) is 0 Å². The minimum Gasteiger partial charge on any atom is -0.236 e. The van der Waals surface area contributed by atoms with Crippen molar-refractivity contribution in [1.82, 2.24) is 19.9 Å². The molecule has 0 aliphatic heterocycles. The molecule has 8 aromatic carbocycles. The van der Waals surface area contributed by atoms with Crippen LogP contribution in [0.5, 0.6) is 0 Å². The normalized spacial score (nSPS) is 11.8. The number of fused-ring (bicyclic) bond motifs is 12. The van der Waals surface area contributed by atoms with Crippen LogP contribution in [0.15, 0.2) is 158 Å². The van der Waals surface area contributed by atoms with Crippen LogP contribution in [0, 0.1) is 0 Å². The lowest BCUT2D eigenvalue weighted by molar-refractivity contribution is 1.21. The molecule has 48 heavy (non-hydrogen) atoms. The van der Waals surface area contributed by atoms with Gasteiger partial charge in [0.15, 0.2) is 11.6 Å². The maximum absolute atomic E-state index is 5.22. The summed E-state index contributed by atoms with van der Waals surface area (Å²) in [7, 11) is 0. The fraction of sp³-hybridized carbons (Fsp3) is 0. The van der Waals surface area contributed by atoms with Crippen LogP contribution in [0.1, 0.15) is 0 Å². The smallest absolute Gasteiger partial charge is 0.159 e. The molecule has 2 heterocycles. The highest BCUT2D eigenvalue weighted by atomic mass is 14.9. The van der Waals surface area contributed by atoms with E-state index in [-0.39, 0.29) is 0 Å². The Kier molecular flexibility index (Phi) is 5.84. The van der Waals surface area contributed by atoms with E-state index in [4.69, 9.17) is 19.9 Å². The van der Waals surface area contributed by atoms with Crippen molar-refractivity contribution < 1.29 is 0 Å². The third kappa shape index (κ3) is 4.10. The van der Waals surface area contributed by atoms with E-state index < -0.39 is 0 Å². The summed E-state index contributed by atoms with van der Waals surface area (Å²) in [6.45, 7) is 0. The predicted octanol–water partition coefficient (Wildman–Crippen LogP) is 11.2. The molecular weight excluding hydrogens is 585 g/mol. The highest BCUT2D eigenvalue weighted by molar-refractivity contribution is 6.26. The van der Waals surface area contributed by atoms with E-state index in [0.29, 0.717) is 11.6 Å². The molecule has 0 saturated carbocycles. The third-order valence-corrected chi connectivity index (χ3v) is 9.54. The fourth-order valence-electron chi connectivity index (χ4n) is 7.26. The Morgan fingerprint density at radius 2 is 0.688 bits per heavy atom. The molecule has 0 radical (unpaired) electrons. The first kappa shape index (κ1) is 26.7. The van der Waals surface area contributed by atoms with Crippen molar-refractivity contribution in [2.45, 2.75) is 0 Å². The van der Waals surface area contributed by atoms with Gasteiger partial charge in [-0.2, -0.15) is 0 Å². The summed E-state index contributed by atoms with van der Waals surface area (Å²) < 4.78 is 0. The molecule has 0 aliphatic rings. The Morgan fingerprint density at radius 1 is 0.271 bits per heavy atom. The fourth-order valence-corrected chi connectivity index (χ4v) is 7.26. The summed E-state index contributed by atoms with van der Waals surface area (Å²) in [6, 6.07) is 51.2. The zero-order valence-corrected chi connectivity index (χ0v) is 25.8. The van der Waals surface area contributed by atoms with Crippen LogP contribution in [0.3, 0.4) is 0 Å². The van der Waals surface area contributed by atoms with Gasteiger partial charge in [-0.1, -0.05) is 133 Å². The number of nitrogens with zero attached hydrogens (tertiary/aromatic N) is 4. The monoisotopic (exact) mass is 610 g/mol. The second-order valence-electron chi connectivity index (χ2n) is 12.3. The van der Waals surface area contributed by atoms with Gasteiger partial charge < -0.3 is 0 Å². The summed E-state index contributed by atoms with van der Waals surface area (Å²) in [5.41, 5.74) is 5.85. The molecule has 222 valence electrons. The van der Waals surface area contributed by atoms with E-state index >= 15 is 0 Å². The van der Waals surface area contributed by atoms with E-state index in [1.165, 1.54) is 32.3 Å². The van der Waals surface area contributed by atoms with E-state index in [1.807, 2.05) is 42.7 Å². The molecule has 0 aliphatic carbocycles. The summed E-state index contributed by atoms with van der Waals surface area (Å²) in [5.74, 6) is 1.34. The number of benzene rings is 8. The van der Waals surface area contributed by atoms with Crippen LogP contribution in [-0.4, -0.2) is 19.9 Å². The van der Waals surface area contributed by atoms with Crippen LogP contribution in [0.25, 0.3) is 98.8 Å². The summed E-state index contributed by atoms with van der Waals surface area (Å²) in [6.07, 6.45) is 3.88. The lowest BCUT2D eigenvalue weighted by atomic mass is 9.92. The maximum atomic E-state index is 5.22. The zero-order chi connectivity index (χ0) is 31.6. The van der Waals surface area contributed by atoms with Gasteiger partial charge in [-0.3, -0.25) is 0 Å². The third-order valence-electron chi connectivity index (χ3n) is 9.54. The van der Waals surface area contributed by atoms with Crippen LogP contribution in [-0.2, 0) is 0 Å². The minimum absolute atomic E-state index is 0.665. The molecular formula is C44H26N4. The topological polar surface area (TPSA) is 51.6 Å². The Bertz CT molecular complexity index is 2860. The van der Waals surface area contributed by atoms with Crippen molar-refractivity contribution in [3.63, 3.8) is 0 Å². The molecule has 0 amide bonds. The molecule has 0 N–H and O–H groups in total. The van der Waals surface area contributed by atoms with Crippen molar-refractivity contribution in [3.05, 3.63) is 158 Å². The lowest BCUT2D eigenvalue weighted by Gasteiger charge is -2.13. The first-order chi connectivity index (χ1) is 23.8. The number of hydrogen-bond acceptors (Lipinski definition) is 4. The molecule has 0 bridgehead atoms. The molecule has 10 aromatic rings. The van der Waals surface area contributed by atoms with Gasteiger partial charge in [-0.15, -0.1) is 0 Å². The van der Waals surface area contributed by atoms with Crippen molar-refractivity contribution in [1.29, 1.82) is 0 Å². The van der Waals surface area contributed by atoms with E-state index in [1.54, 1.807) is 0 Å². The first-order valence-electron chi connectivity index (χ1n) is 16.1. The average Bonchev–Trinajstić information content (AvgIpc) is 3.18. The highest BCUT2D eigenvalue weighted by Gasteiger charge is 2.16. The van der Waals surface area contributed by atoms with Crippen molar-refractivity contribution in [2.75, 3.05) is 0 Å². The van der Waals surface area contributed by atoms with Crippen molar-refractivity contribution in [2.24, 2.45) is 0 Å². The van der Waals surface area contributed by atoms with Gasteiger partial charge in [0.2, 0.25) is 0 Å². The van der Waals surface area contributed by atoms with Gasteiger partial charge in [0.05, 0.1) is 0 Å². The summed E-state index contributed by atoms with van der Waals surface area (Å²) >= 11 is 0. The molecule has 4 nitrogen and oxygen atoms in total. The largest absolute Gasteiger partial charge is 0.236 e. The van der Waals surface area contributed by atoms with Gasteiger partial charge in [0.1, 0.15) is 11.0 Å². The van der Waals surface area contributed by atoms with Crippen LogP contribution >= 0.6 is 0 Å². The predicted molar refractivity (Wildman–Crippen MR) is 199 cm³/mol. The second kappa shape index (κ2) is 10.5. The van der Waals surface area contributed by atoms with Crippen molar-refractivity contribution in [3.8, 4) is 33.9 Å². The second-order valence-corrected chi connectivity index (χ2v) is 12.3. The quantitative estimate of drug-likeness (QED) is 0.187. The van der Waals surface area contributed by atoms with Gasteiger partial charge in [-0.25, -0.2) is 19.9 Å². The molecule has 0 fully saturated rings. The van der Waals surface area contributed by atoms with Gasteiger partial charge >= 0.3 is 0 Å². The molecule has 0 unspecified atom stereocenters. The van der Waals surface area contributed by atoms with Crippen LogP contribution < -0.4 is 0 Å². The standard InChI is InChI=1S/C44H26N4/c1-2-11-27(12-3-1)43-45-25-39-35-19-8-9-20-36(35)40-26-46-44(48-42(40)41(39)47-43)30-14-10-13-28(23-30)29-21-22-37-33-17-5-4-15-31(33)32-16-6-7-18-34(32)38(37)24-29/h1-26H. The molecule has 4 heteroatoms. The number of rotatable bonds is 3. The summed E-state index contributed by atoms with van der Waals surface area (Å²) in [4.78, 5) is 20.0. The number of hydrogen-bond donors (Lipinski definition) is 0. The SMILES string of the molecule is c1ccc(-c2ncc3c4ccccc4c4cnc(-c5cccc(-c6ccc7c8ccccc8c8ccccc8c7c6)c5)nc4c3n2)cc1. The molecule has 0 atom stereocenters. The molecule has 0 spiro atoms. The summed E-state index contributed by atoms with van der Waals surface area (Å²) in [5, 5.41) is 11.7. The number of aromatic nitrogens is 4. The zero-order valence-electron chi connectivity index (χ0n) is 25.8. The molecule has 2 aromatic heterocycles. The molecule has 0 saturated heterocycles. The van der Waals surface area contributed by atoms with E-state index in [0.717, 1.165) is 54.8 Å². The van der Waals surface area contributed by atoms with Gasteiger partial charge in [0.25, 0.3) is 0 Å². The molecule has 10 rings (SSSR count). The average molecular weight is 611 g/mol. The Labute approximate surface area is 276 Å². The Morgan fingerprint density at radius 3 is 1.27 bits per heavy atom. The van der Waals surface area contributed by atoms with Crippen LogP contribution in [0.4, 0.5) is 0 Å². The Hall–Kier alpha value is -6.52. The van der Waals surface area contributed by atoms with Crippen molar-refractivity contribution >= 4 is 64.9 Å². The maximum Gasteiger partial charge on any atom is 0.159 e. The lowest BCUT2D eigenvalue weighted by Crippen LogP contribution is -1.96.